The average Bonchev–Trinajstić information content (AvgIpc) is 2.66. The molecule has 0 bridgehead atoms. The number of benzene rings is 3. The molecule has 0 aliphatic carbocycles. The van der Waals surface area contributed by atoms with Gasteiger partial charge in [0.2, 0.25) is 0 Å². The van der Waals surface area contributed by atoms with Crippen molar-refractivity contribution in [3.05, 3.63) is 78.0 Å². The fourth-order valence-corrected chi connectivity index (χ4v) is 3.03. The molecular weight excluding hydrogens is 308 g/mol. The molecule has 0 amide bonds. The van der Waals surface area contributed by atoms with Gasteiger partial charge >= 0.3 is 0 Å². The van der Waals surface area contributed by atoms with Crippen LogP contribution in [0, 0.1) is 0 Å². The molecule has 0 spiro atoms. The first-order chi connectivity index (χ1) is 12.2. The van der Waals surface area contributed by atoms with Crippen LogP contribution < -0.4 is 10.5 Å². The predicted octanol–water partition coefficient (Wildman–Crippen LogP) is 5.15. The lowest BCUT2D eigenvalue weighted by Crippen LogP contribution is -1.93. The Morgan fingerprint density at radius 2 is 1.72 bits per heavy atom. The number of ether oxygens (including phenoxy) is 1. The van der Waals surface area contributed by atoms with Crippen LogP contribution in [-0.4, -0.2) is 12.1 Å². The minimum atomic E-state index is 0.620. The Hall–Kier alpha value is -3.33. The molecule has 2 N–H and O–H groups in total. The van der Waals surface area contributed by atoms with Crippen molar-refractivity contribution in [3.63, 3.8) is 0 Å². The molecule has 0 aliphatic heterocycles. The Morgan fingerprint density at radius 3 is 2.60 bits per heavy atom. The summed E-state index contributed by atoms with van der Waals surface area (Å²) in [4.78, 5) is 4.68. The van der Waals surface area contributed by atoms with Gasteiger partial charge in [-0.3, -0.25) is 0 Å². The number of nitrogens with zero attached hydrogens (tertiary/aromatic N) is 1. The maximum atomic E-state index is 6.12. The van der Waals surface area contributed by atoms with Crippen LogP contribution in [0.25, 0.3) is 33.8 Å². The highest BCUT2D eigenvalue weighted by molar-refractivity contribution is 5.94. The van der Waals surface area contributed by atoms with E-state index in [1.54, 1.807) is 13.2 Å². The van der Waals surface area contributed by atoms with Crippen molar-refractivity contribution in [2.75, 3.05) is 12.8 Å². The van der Waals surface area contributed by atoms with E-state index in [0.717, 1.165) is 22.3 Å². The minimum Gasteiger partial charge on any atom is -0.497 e. The molecule has 0 saturated heterocycles. The molecule has 1 heterocycles. The fraction of sp³-hybridized carbons (Fsp3) is 0.0455. The summed E-state index contributed by atoms with van der Waals surface area (Å²) in [6.45, 7) is 0. The summed E-state index contributed by atoms with van der Waals surface area (Å²) >= 11 is 0. The van der Waals surface area contributed by atoms with Crippen LogP contribution in [0.3, 0.4) is 0 Å². The lowest BCUT2D eigenvalue weighted by Gasteiger charge is -2.06. The van der Waals surface area contributed by atoms with E-state index in [2.05, 4.69) is 53.5 Å². The van der Waals surface area contributed by atoms with Crippen molar-refractivity contribution in [1.82, 2.24) is 4.98 Å². The van der Waals surface area contributed by atoms with Gasteiger partial charge in [0.05, 0.1) is 24.0 Å². The summed E-state index contributed by atoms with van der Waals surface area (Å²) in [7, 11) is 1.63. The van der Waals surface area contributed by atoms with E-state index < -0.39 is 0 Å². The largest absolute Gasteiger partial charge is 0.497 e. The summed E-state index contributed by atoms with van der Waals surface area (Å²) < 4.78 is 5.26. The summed E-state index contributed by atoms with van der Waals surface area (Å²) in [5, 5.41) is 3.43. The zero-order chi connectivity index (χ0) is 17.2. The Morgan fingerprint density at radius 1 is 0.880 bits per heavy atom. The lowest BCUT2D eigenvalue weighted by atomic mass is 10.0. The van der Waals surface area contributed by atoms with Crippen LogP contribution in [0.2, 0.25) is 0 Å². The van der Waals surface area contributed by atoms with Crippen LogP contribution in [0.4, 0.5) is 5.69 Å². The number of rotatable bonds is 3. The topological polar surface area (TPSA) is 48.1 Å². The first-order valence-electron chi connectivity index (χ1n) is 8.15. The standard InChI is InChI=1S/C22H18N2O/c1-25-19-13-17-10-12-18(24-22(17)21(23)14-19)11-9-16-7-4-6-15-5-2-3-8-20(15)16/h2-14H,23H2,1H3/b11-9+. The number of hydrogen-bond acceptors (Lipinski definition) is 3. The van der Waals surface area contributed by atoms with Gasteiger partial charge in [0.25, 0.3) is 0 Å². The molecule has 0 aliphatic rings. The number of hydrogen-bond donors (Lipinski definition) is 1. The summed E-state index contributed by atoms with van der Waals surface area (Å²) in [6, 6.07) is 22.4. The predicted molar refractivity (Wildman–Crippen MR) is 106 cm³/mol. The average molecular weight is 326 g/mol. The van der Waals surface area contributed by atoms with E-state index in [4.69, 9.17) is 10.5 Å². The van der Waals surface area contributed by atoms with Gasteiger partial charge in [-0.25, -0.2) is 4.98 Å². The monoisotopic (exact) mass is 326 g/mol. The third-order valence-corrected chi connectivity index (χ3v) is 4.31. The molecule has 0 radical (unpaired) electrons. The quantitative estimate of drug-likeness (QED) is 0.530. The molecule has 122 valence electrons. The Labute approximate surface area is 146 Å². The molecule has 3 heteroatoms. The van der Waals surface area contributed by atoms with Gasteiger partial charge in [0.1, 0.15) is 5.75 Å². The van der Waals surface area contributed by atoms with E-state index in [1.165, 1.54) is 16.3 Å². The van der Waals surface area contributed by atoms with Gasteiger partial charge in [-0.1, -0.05) is 54.6 Å². The van der Waals surface area contributed by atoms with Gasteiger partial charge in [-0.15, -0.1) is 0 Å². The molecule has 1 aromatic heterocycles. The van der Waals surface area contributed by atoms with E-state index in [9.17, 15) is 0 Å². The summed E-state index contributed by atoms with van der Waals surface area (Å²) in [6.07, 6.45) is 4.11. The number of anilines is 1. The number of fused-ring (bicyclic) bond motifs is 2. The minimum absolute atomic E-state index is 0.620. The number of methoxy groups -OCH3 is 1. The van der Waals surface area contributed by atoms with Crippen molar-refractivity contribution >= 4 is 39.5 Å². The van der Waals surface area contributed by atoms with E-state index in [0.29, 0.717) is 5.69 Å². The van der Waals surface area contributed by atoms with Crippen LogP contribution in [0.1, 0.15) is 11.3 Å². The molecule has 0 saturated carbocycles. The Balaban J connectivity index is 1.75. The molecule has 4 aromatic rings. The highest BCUT2D eigenvalue weighted by atomic mass is 16.5. The van der Waals surface area contributed by atoms with Gasteiger partial charge in [0.15, 0.2) is 0 Å². The highest BCUT2D eigenvalue weighted by Gasteiger charge is 2.04. The van der Waals surface area contributed by atoms with Crippen molar-refractivity contribution in [3.8, 4) is 5.75 Å². The number of aromatic nitrogens is 1. The normalized spacial score (nSPS) is 11.4. The lowest BCUT2D eigenvalue weighted by molar-refractivity contribution is 0.415. The molecule has 0 unspecified atom stereocenters. The number of pyridine rings is 1. The molecule has 0 atom stereocenters. The first kappa shape index (κ1) is 15.2. The third kappa shape index (κ3) is 2.92. The molecular formula is C22H18N2O. The number of nitrogen functional groups attached to an aromatic ring is 1. The summed E-state index contributed by atoms with van der Waals surface area (Å²) in [5.41, 5.74) is 9.57. The number of nitrogens with two attached hydrogens (primary N) is 1. The summed E-state index contributed by atoms with van der Waals surface area (Å²) in [5.74, 6) is 0.742. The smallest absolute Gasteiger partial charge is 0.121 e. The van der Waals surface area contributed by atoms with Gasteiger partial charge in [0, 0.05) is 11.5 Å². The zero-order valence-electron chi connectivity index (χ0n) is 13.9. The maximum Gasteiger partial charge on any atom is 0.121 e. The second kappa shape index (κ2) is 6.29. The van der Waals surface area contributed by atoms with Gasteiger partial charge in [-0.05, 0) is 34.5 Å². The van der Waals surface area contributed by atoms with Crippen molar-refractivity contribution in [2.24, 2.45) is 0 Å². The molecule has 25 heavy (non-hydrogen) atoms. The fourth-order valence-electron chi connectivity index (χ4n) is 3.03. The van der Waals surface area contributed by atoms with E-state index in [-0.39, 0.29) is 0 Å². The second-order valence-corrected chi connectivity index (χ2v) is 5.93. The van der Waals surface area contributed by atoms with E-state index in [1.807, 2.05) is 24.3 Å². The highest BCUT2D eigenvalue weighted by Crippen LogP contribution is 2.27. The second-order valence-electron chi connectivity index (χ2n) is 5.93. The van der Waals surface area contributed by atoms with Crippen LogP contribution in [0.15, 0.2) is 66.7 Å². The Kier molecular flexibility index (Phi) is 3.82. The van der Waals surface area contributed by atoms with Crippen LogP contribution in [0.5, 0.6) is 5.75 Å². The Bertz CT molecular complexity index is 1090. The van der Waals surface area contributed by atoms with Gasteiger partial charge in [-0.2, -0.15) is 0 Å². The molecule has 4 rings (SSSR count). The van der Waals surface area contributed by atoms with Gasteiger partial charge < -0.3 is 10.5 Å². The zero-order valence-corrected chi connectivity index (χ0v) is 13.9. The van der Waals surface area contributed by atoms with Crippen molar-refractivity contribution < 1.29 is 4.74 Å². The SMILES string of the molecule is COc1cc(N)c2nc(/C=C/c3cccc4ccccc34)ccc2c1. The van der Waals surface area contributed by atoms with Crippen LogP contribution >= 0.6 is 0 Å². The maximum absolute atomic E-state index is 6.12. The van der Waals surface area contributed by atoms with Crippen LogP contribution in [-0.2, 0) is 0 Å². The molecule has 0 fully saturated rings. The van der Waals surface area contributed by atoms with Crippen molar-refractivity contribution in [2.45, 2.75) is 0 Å². The first-order valence-corrected chi connectivity index (χ1v) is 8.15. The van der Waals surface area contributed by atoms with E-state index >= 15 is 0 Å². The molecule has 3 nitrogen and oxygen atoms in total. The molecule has 3 aromatic carbocycles. The van der Waals surface area contributed by atoms with Crippen molar-refractivity contribution in [1.29, 1.82) is 0 Å². The third-order valence-electron chi connectivity index (χ3n) is 4.31.